The smallest absolute Gasteiger partial charge is 0.338 e. The van der Waals surface area contributed by atoms with Crippen molar-refractivity contribution in [1.29, 1.82) is 0 Å². The minimum Gasteiger partial charge on any atom is -0.493 e. The Kier molecular flexibility index (Phi) is 9.93. The van der Waals surface area contributed by atoms with Gasteiger partial charge >= 0.3 is 5.97 Å². The lowest BCUT2D eigenvalue weighted by molar-refractivity contribution is -0.139. The van der Waals surface area contributed by atoms with E-state index in [2.05, 4.69) is 20.9 Å². The van der Waals surface area contributed by atoms with Gasteiger partial charge in [-0.25, -0.2) is 9.79 Å². The van der Waals surface area contributed by atoms with Crippen molar-refractivity contribution in [2.75, 3.05) is 33.5 Å². The highest BCUT2D eigenvalue weighted by Crippen LogP contribution is 2.41. The number of halogens is 1. The van der Waals surface area contributed by atoms with Crippen molar-refractivity contribution >= 4 is 39.3 Å². The van der Waals surface area contributed by atoms with E-state index in [0.29, 0.717) is 67.9 Å². The average molecular weight is 646 g/mol. The van der Waals surface area contributed by atoms with Crippen LogP contribution in [-0.4, -0.2) is 44.1 Å². The van der Waals surface area contributed by atoms with Crippen LogP contribution in [0.1, 0.15) is 51.8 Å². The normalized spacial score (nSPS) is 14.8. The number of rotatable bonds is 11. The molecule has 218 valence electrons. The molecular formula is C30H33BrN2O7S. The lowest BCUT2D eigenvalue weighted by atomic mass is 9.95. The van der Waals surface area contributed by atoms with E-state index < -0.39 is 12.0 Å². The van der Waals surface area contributed by atoms with E-state index in [1.807, 2.05) is 39.0 Å². The molecule has 1 atom stereocenters. The number of fused-ring (bicyclic) bond motifs is 1. The zero-order valence-corrected chi connectivity index (χ0v) is 26.3. The minimum absolute atomic E-state index is 0.181. The van der Waals surface area contributed by atoms with E-state index in [4.69, 9.17) is 23.7 Å². The molecule has 1 aromatic heterocycles. The number of aromatic nitrogens is 1. The molecule has 0 saturated heterocycles. The van der Waals surface area contributed by atoms with Gasteiger partial charge in [0.05, 0.1) is 55.4 Å². The summed E-state index contributed by atoms with van der Waals surface area (Å²) in [6.45, 7) is 10.8. The highest BCUT2D eigenvalue weighted by molar-refractivity contribution is 9.10. The lowest BCUT2D eigenvalue weighted by Gasteiger charge is -2.26. The number of methoxy groups -OCH3 is 1. The Morgan fingerprint density at radius 1 is 0.976 bits per heavy atom. The molecule has 0 saturated carbocycles. The maximum Gasteiger partial charge on any atom is 0.338 e. The molecule has 0 fully saturated rings. The fourth-order valence-electron chi connectivity index (χ4n) is 4.58. The number of carbonyl (C=O) groups excluding carboxylic acids is 1. The quantitative estimate of drug-likeness (QED) is 0.278. The van der Waals surface area contributed by atoms with Gasteiger partial charge < -0.3 is 23.7 Å². The molecule has 0 radical (unpaired) electrons. The average Bonchev–Trinajstić information content (AvgIpc) is 3.24. The molecule has 1 aliphatic rings. The molecule has 0 bridgehead atoms. The molecule has 0 amide bonds. The van der Waals surface area contributed by atoms with E-state index in [-0.39, 0.29) is 17.7 Å². The van der Waals surface area contributed by atoms with Crippen molar-refractivity contribution in [2.24, 2.45) is 4.99 Å². The Morgan fingerprint density at radius 3 is 2.27 bits per heavy atom. The predicted molar refractivity (Wildman–Crippen MR) is 161 cm³/mol. The molecule has 4 rings (SSSR count). The maximum absolute atomic E-state index is 14.0. The highest BCUT2D eigenvalue weighted by atomic mass is 79.9. The van der Waals surface area contributed by atoms with Gasteiger partial charge in [0, 0.05) is 4.47 Å². The molecule has 2 heterocycles. The van der Waals surface area contributed by atoms with Crippen molar-refractivity contribution in [1.82, 2.24) is 4.57 Å². The van der Waals surface area contributed by atoms with Gasteiger partial charge in [0.15, 0.2) is 27.8 Å². The van der Waals surface area contributed by atoms with E-state index >= 15 is 0 Å². The van der Waals surface area contributed by atoms with E-state index in [1.54, 1.807) is 39.2 Å². The Bertz CT molecular complexity index is 1660. The van der Waals surface area contributed by atoms with E-state index in [0.717, 1.165) is 5.56 Å². The second-order valence-corrected chi connectivity index (χ2v) is 10.7. The molecule has 1 aliphatic heterocycles. The number of thiazole rings is 1. The largest absolute Gasteiger partial charge is 0.493 e. The van der Waals surface area contributed by atoms with Gasteiger partial charge in [-0.15, -0.1) is 0 Å². The van der Waals surface area contributed by atoms with Gasteiger partial charge in [-0.3, -0.25) is 9.36 Å². The standard InChI is InChI=1S/C30H33BrN2O7S/c1-7-37-21-12-11-18(13-23(21)38-8-2)14-25-28(34)33-27(19-15-22(36-6)24(39-9-3)16-20(19)31)26(29(35)40-10-4)17(5)32-30(33)41-25/h11-16,27H,7-10H2,1-6H3/b25-14+/t27-/m1/s1. The molecule has 0 N–H and O–H groups in total. The van der Waals surface area contributed by atoms with Gasteiger partial charge in [-0.1, -0.05) is 33.3 Å². The molecule has 11 heteroatoms. The number of hydrogen-bond acceptors (Lipinski definition) is 9. The SMILES string of the molecule is CCOC(=O)C1=C(C)N=c2s/c(=C/c3ccc(OCC)c(OCC)c3)c(=O)n2[C@@H]1c1cc(OC)c(OCC)cc1Br. The van der Waals surface area contributed by atoms with Crippen LogP contribution in [0.15, 0.2) is 55.9 Å². The summed E-state index contributed by atoms with van der Waals surface area (Å²) in [5, 5.41) is 0. The number of esters is 1. The van der Waals surface area contributed by atoms with Crippen molar-refractivity contribution in [2.45, 2.75) is 40.7 Å². The number of carbonyl (C=O) groups is 1. The second-order valence-electron chi connectivity index (χ2n) is 8.83. The number of ether oxygens (including phenoxy) is 5. The zero-order valence-electron chi connectivity index (χ0n) is 23.9. The van der Waals surface area contributed by atoms with E-state index in [9.17, 15) is 9.59 Å². The molecule has 0 unspecified atom stereocenters. The van der Waals surface area contributed by atoms with Gasteiger partial charge in [-0.2, -0.15) is 0 Å². The first-order valence-electron chi connectivity index (χ1n) is 13.4. The molecule has 3 aromatic rings. The summed E-state index contributed by atoms with van der Waals surface area (Å²) in [6, 6.07) is 8.27. The number of hydrogen-bond donors (Lipinski definition) is 0. The highest BCUT2D eigenvalue weighted by Gasteiger charge is 2.35. The minimum atomic E-state index is -0.814. The van der Waals surface area contributed by atoms with Crippen LogP contribution in [0.25, 0.3) is 6.08 Å². The fraction of sp³-hybridized carbons (Fsp3) is 0.367. The van der Waals surface area contributed by atoms with Crippen LogP contribution in [0, 0.1) is 0 Å². The van der Waals surface area contributed by atoms with Crippen molar-refractivity contribution in [3.8, 4) is 23.0 Å². The van der Waals surface area contributed by atoms with Crippen LogP contribution in [0.5, 0.6) is 23.0 Å². The fourth-order valence-corrected chi connectivity index (χ4v) is 6.17. The first-order chi connectivity index (χ1) is 19.8. The summed E-state index contributed by atoms with van der Waals surface area (Å²) in [5.41, 5.74) is 1.86. The third-order valence-electron chi connectivity index (χ3n) is 6.26. The van der Waals surface area contributed by atoms with Crippen LogP contribution in [0.4, 0.5) is 0 Å². The molecule has 41 heavy (non-hydrogen) atoms. The maximum atomic E-state index is 14.0. The van der Waals surface area contributed by atoms with Crippen molar-refractivity contribution < 1.29 is 28.5 Å². The second kappa shape index (κ2) is 13.4. The van der Waals surface area contributed by atoms with Gasteiger partial charge in [0.25, 0.3) is 5.56 Å². The summed E-state index contributed by atoms with van der Waals surface area (Å²) in [4.78, 5) is 32.4. The third kappa shape index (κ3) is 6.20. The zero-order chi connectivity index (χ0) is 29.7. The van der Waals surface area contributed by atoms with Crippen LogP contribution in [0.3, 0.4) is 0 Å². The first kappa shape index (κ1) is 30.4. The monoisotopic (exact) mass is 644 g/mol. The van der Waals surface area contributed by atoms with Crippen LogP contribution in [-0.2, 0) is 9.53 Å². The van der Waals surface area contributed by atoms with Crippen LogP contribution < -0.4 is 33.8 Å². The predicted octanol–water partition coefficient (Wildman–Crippen LogP) is 4.77. The topological polar surface area (TPSA) is 97.6 Å². The van der Waals surface area contributed by atoms with Crippen LogP contribution in [0.2, 0.25) is 0 Å². The Morgan fingerprint density at radius 2 is 1.63 bits per heavy atom. The summed E-state index contributed by atoms with van der Waals surface area (Å²) < 4.78 is 30.8. The Balaban J connectivity index is 1.95. The molecule has 2 aromatic carbocycles. The lowest BCUT2D eigenvalue weighted by Crippen LogP contribution is -2.40. The molecule has 0 aliphatic carbocycles. The third-order valence-corrected chi connectivity index (χ3v) is 7.93. The van der Waals surface area contributed by atoms with E-state index in [1.165, 1.54) is 15.9 Å². The van der Waals surface area contributed by atoms with Crippen LogP contribution >= 0.6 is 27.3 Å². The van der Waals surface area contributed by atoms with Gasteiger partial charge in [0.2, 0.25) is 0 Å². The number of allylic oxidation sites excluding steroid dienone is 1. The Hall–Kier alpha value is -3.57. The van der Waals surface area contributed by atoms with Crippen molar-refractivity contribution in [3.05, 3.63) is 76.9 Å². The Labute approximate surface area is 250 Å². The molecule has 9 nitrogen and oxygen atoms in total. The number of benzene rings is 2. The summed E-state index contributed by atoms with van der Waals surface area (Å²) >= 11 is 4.89. The molecule has 0 spiro atoms. The summed E-state index contributed by atoms with van der Waals surface area (Å²) in [5.74, 6) is 1.71. The van der Waals surface area contributed by atoms with Gasteiger partial charge in [-0.05, 0) is 76.1 Å². The summed E-state index contributed by atoms with van der Waals surface area (Å²) in [6.07, 6.45) is 1.79. The first-order valence-corrected chi connectivity index (χ1v) is 15.0. The van der Waals surface area contributed by atoms with Gasteiger partial charge in [0.1, 0.15) is 0 Å². The molecular weight excluding hydrogens is 612 g/mol. The van der Waals surface area contributed by atoms with Crippen molar-refractivity contribution in [3.63, 3.8) is 0 Å². The summed E-state index contributed by atoms with van der Waals surface area (Å²) in [7, 11) is 1.54. The number of nitrogens with zero attached hydrogens (tertiary/aromatic N) is 2.